The van der Waals surface area contributed by atoms with Gasteiger partial charge in [-0.2, -0.15) is 4.39 Å². The van der Waals surface area contributed by atoms with E-state index in [1.54, 1.807) is 12.3 Å². The quantitative estimate of drug-likeness (QED) is 0.797. The molecule has 0 radical (unpaired) electrons. The molecule has 5 heteroatoms. The lowest BCUT2D eigenvalue weighted by molar-refractivity contribution is 0.416. The molecule has 0 saturated carbocycles. The predicted octanol–water partition coefficient (Wildman–Crippen LogP) is 3.76. The van der Waals surface area contributed by atoms with Crippen molar-refractivity contribution in [3.63, 3.8) is 0 Å². The van der Waals surface area contributed by atoms with Gasteiger partial charge in [0, 0.05) is 23.7 Å². The molecule has 1 aromatic heterocycles. The van der Waals surface area contributed by atoms with E-state index in [1.807, 2.05) is 18.2 Å². The first-order chi connectivity index (χ1) is 10.2. The predicted molar refractivity (Wildman–Crippen MR) is 76.1 cm³/mol. The Kier molecular flexibility index (Phi) is 3.50. The summed E-state index contributed by atoms with van der Waals surface area (Å²) in [6.07, 6.45) is 1.58. The summed E-state index contributed by atoms with van der Waals surface area (Å²) in [4.78, 5) is 4.27. The molecule has 2 aromatic carbocycles. The van der Waals surface area contributed by atoms with Gasteiger partial charge in [-0.25, -0.2) is 4.39 Å². The van der Waals surface area contributed by atoms with Gasteiger partial charge < -0.3 is 10.5 Å². The molecule has 3 nitrogen and oxygen atoms in total. The zero-order valence-corrected chi connectivity index (χ0v) is 11.0. The van der Waals surface area contributed by atoms with E-state index in [0.717, 1.165) is 6.07 Å². The van der Waals surface area contributed by atoms with Crippen LogP contribution in [0.1, 0.15) is 5.56 Å². The Bertz CT molecular complexity index is 805. The van der Waals surface area contributed by atoms with Crippen LogP contribution < -0.4 is 10.5 Å². The fraction of sp³-hybridized carbons (Fsp3) is 0.0625. The first-order valence-electron chi connectivity index (χ1n) is 6.39. The van der Waals surface area contributed by atoms with Crippen LogP contribution in [0.2, 0.25) is 0 Å². The number of ether oxygens (including phenoxy) is 1. The first kappa shape index (κ1) is 13.5. The second kappa shape index (κ2) is 5.46. The minimum absolute atomic E-state index is 0.180. The molecule has 21 heavy (non-hydrogen) atoms. The number of hydrogen-bond acceptors (Lipinski definition) is 3. The number of rotatable bonds is 3. The van der Waals surface area contributed by atoms with E-state index in [9.17, 15) is 8.78 Å². The molecule has 0 amide bonds. The third-order valence-corrected chi connectivity index (χ3v) is 3.15. The second-order valence-electron chi connectivity index (χ2n) is 4.49. The highest BCUT2D eigenvalue weighted by Gasteiger charge is 2.14. The zero-order chi connectivity index (χ0) is 14.8. The van der Waals surface area contributed by atoms with Crippen LogP contribution in [0.25, 0.3) is 10.9 Å². The van der Waals surface area contributed by atoms with Crippen LogP contribution in [0.3, 0.4) is 0 Å². The highest BCUT2D eigenvalue weighted by atomic mass is 19.2. The Morgan fingerprint density at radius 2 is 1.86 bits per heavy atom. The molecule has 0 unspecified atom stereocenters. The molecule has 0 aliphatic heterocycles. The molecule has 106 valence electrons. The fourth-order valence-electron chi connectivity index (χ4n) is 2.10. The summed E-state index contributed by atoms with van der Waals surface area (Å²) in [6, 6.07) is 11.1. The molecule has 3 rings (SSSR count). The molecule has 1 heterocycles. The van der Waals surface area contributed by atoms with E-state index in [1.165, 1.54) is 12.1 Å². The van der Waals surface area contributed by atoms with E-state index in [-0.39, 0.29) is 12.3 Å². The number of para-hydroxylation sites is 1. The van der Waals surface area contributed by atoms with Gasteiger partial charge in [0.2, 0.25) is 5.82 Å². The van der Waals surface area contributed by atoms with Crippen LogP contribution in [0.5, 0.6) is 11.5 Å². The number of hydrogen-bond donors (Lipinski definition) is 1. The summed E-state index contributed by atoms with van der Waals surface area (Å²) < 4.78 is 32.7. The van der Waals surface area contributed by atoms with Crippen molar-refractivity contribution in [2.75, 3.05) is 0 Å². The first-order valence-corrected chi connectivity index (χ1v) is 6.39. The van der Waals surface area contributed by atoms with Crippen molar-refractivity contribution >= 4 is 10.9 Å². The smallest absolute Gasteiger partial charge is 0.201 e. The SMILES string of the molecule is NCc1cnc2ccccc2c1Oc1cccc(F)c1F. The van der Waals surface area contributed by atoms with E-state index < -0.39 is 11.6 Å². The lowest BCUT2D eigenvalue weighted by Crippen LogP contribution is -2.02. The molecule has 0 aliphatic rings. The van der Waals surface area contributed by atoms with Gasteiger partial charge >= 0.3 is 0 Å². The average molecular weight is 286 g/mol. The summed E-state index contributed by atoms with van der Waals surface area (Å²) in [6.45, 7) is 0.185. The van der Waals surface area contributed by atoms with Crippen molar-refractivity contribution < 1.29 is 13.5 Å². The zero-order valence-electron chi connectivity index (χ0n) is 11.0. The monoisotopic (exact) mass is 286 g/mol. The Labute approximate surface area is 120 Å². The molecular formula is C16H12F2N2O. The maximum absolute atomic E-state index is 13.8. The van der Waals surface area contributed by atoms with Gasteiger partial charge in [0.25, 0.3) is 0 Å². The number of pyridine rings is 1. The largest absolute Gasteiger partial charge is 0.453 e. The third kappa shape index (κ3) is 2.43. The van der Waals surface area contributed by atoms with Crippen LogP contribution in [-0.4, -0.2) is 4.98 Å². The summed E-state index contributed by atoms with van der Waals surface area (Å²) in [5.74, 6) is -1.77. The second-order valence-corrected chi connectivity index (χ2v) is 4.49. The van der Waals surface area contributed by atoms with Gasteiger partial charge in [-0.15, -0.1) is 0 Å². The minimum atomic E-state index is -1.03. The molecule has 0 bridgehead atoms. The normalized spacial score (nSPS) is 10.8. The number of halogens is 2. The van der Waals surface area contributed by atoms with Crippen molar-refractivity contribution in [3.05, 3.63) is 65.9 Å². The third-order valence-electron chi connectivity index (χ3n) is 3.15. The lowest BCUT2D eigenvalue weighted by Gasteiger charge is -2.13. The molecule has 0 atom stereocenters. The van der Waals surface area contributed by atoms with Gasteiger partial charge in [0.05, 0.1) is 5.52 Å². The van der Waals surface area contributed by atoms with Crippen molar-refractivity contribution in [2.24, 2.45) is 5.73 Å². The number of nitrogens with two attached hydrogens (primary N) is 1. The van der Waals surface area contributed by atoms with Crippen LogP contribution in [-0.2, 0) is 6.54 Å². The van der Waals surface area contributed by atoms with Crippen molar-refractivity contribution in [3.8, 4) is 11.5 Å². The Balaban J connectivity index is 2.17. The fourth-order valence-corrected chi connectivity index (χ4v) is 2.10. The minimum Gasteiger partial charge on any atom is -0.453 e. The molecule has 0 aliphatic carbocycles. The van der Waals surface area contributed by atoms with Crippen molar-refractivity contribution in [1.82, 2.24) is 4.98 Å². The Morgan fingerprint density at radius 3 is 2.67 bits per heavy atom. The van der Waals surface area contributed by atoms with Crippen LogP contribution in [0.4, 0.5) is 8.78 Å². The molecule has 0 fully saturated rings. The van der Waals surface area contributed by atoms with Gasteiger partial charge in [-0.1, -0.05) is 18.2 Å². The lowest BCUT2D eigenvalue weighted by atomic mass is 10.1. The van der Waals surface area contributed by atoms with Crippen molar-refractivity contribution in [2.45, 2.75) is 6.54 Å². The number of nitrogens with zero attached hydrogens (tertiary/aromatic N) is 1. The number of fused-ring (bicyclic) bond motifs is 1. The summed E-state index contributed by atoms with van der Waals surface area (Å²) in [7, 11) is 0. The number of aromatic nitrogens is 1. The summed E-state index contributed by atoms with van der Waals surface area (Å²) in [5, 5.41) is 0.698. The summed E-state index contributed by atoms with van der Waals surface area (Å²) >= 11 is 0. The van der Waals surface area contributed by atoms with Crippen LogP contribution in [0.15, 0.2) is 48.7 Å². The molecule has 2 N–H and O–H groups in total. The van der Waals surface area contributed by atoms with E-state index in [4.69, 9.17) is 10.5 Å². The standard InChI is InChI=1S/C16H12F2N2O/c17-12-5-3-7-14(15(12)18)21-16-10(8-19)9-20-13-6-2-1-4-11(13)16/h1-7,9H,8,19H2. The van der Waals surface area contributed by atoms with Gasteiger partial charge in [-0.05, 0) is 24.3 Å². The number of benzene rings is 2. The maximum Gasteiger partial charge on any atom is 0.201 e. The molecule has 0 spiro atoms. The van der Waals surface area contributed by atoms with E-state index in [0.29, 0.717) is 22.2 Å². The van der Waals surface area contributed by atoms with Crippen LogP contribution in [0, 0.1) is 11.6 Å². The maximum atomic E-state index is 13.8. The van der Waals surface area contributed by atoms with Gasteiger partial charge in [0.15, 0.2) is 11.6 Å². The molecule has 0 saturated heterocycles. The topological polar surface area (TPSA) is 48.1 Å². The van der Waals surface area contributed by atoms with Crippen molar-refractivity contribution in [1.29, 1.82) is 0 Å². The highest BCUT2D eigenvalue weighted by Crippen LogP contribution is 2.33. The van der Waals surface area contributed by atoms with Crippen LogP contribution >= 0.6 is 0 Å². The average Bonchev–Trinajstić information content (AvgIpc) is 2.52. The Morgan fingerprint density at radius 1 is 1.05 bits per heavy atom. The highest BCUT2D eigenvalue weighted by molar-refractivity contribution is 5.86. The van der Waals surface area contributed by atoms with E-state index >= 15 is 0 Å². The Hall–Kier alpha value is -2.53. The van der Waals surface area contributed by atoms with E-state index in [2.05, 4.69) is 4.98 Å². The van der Waals surface area contributed by atoms with Gasteiger partial charge in [0.1, 0.15) is 5.75 Å². The summed E-state index contributed by atoms with van der Waals surface area (Å²) in [5.41, 5.74) is 6.99. The molecule has 3 aromatic rings. The molecular weight excluding hydrogens is 274 g/mol. The van der Waals surface area contributed by atoms with Gasteiger partial charge in [-0.3, -0.25) is 4.98 Å².